The number of phenols is 1. The number of fused-ring (bicyclic) bond motifs is 1. The van der Waals surface area contributed by atoms with Crippen LogP contribution in [0, 0.1) is 18.2 Å². The van der Waals surface area contributed by atoms with Crippen LogP contribution in [0.15, 0.2) is 36.4 Å². The van der Waals surface area contributed by atoms with Crippen molar-refractivity contribution in [3.63, 3.8) is 0 Å². The van der Waals surface area contributed by atoms with Crippen molar-refractivity contribution in [2.45, 2.75) is 46.4 Å². The van der Waals surface area contributed by atoms with E-state index in [1.54, 1.807) is 20.8 Å². The van der Waals surface area contributed by atoms with Gasteiger partial charge < -0.3 is 14.9 Å². The first-order valence-electron chi connectivity index (χ1n) is 10.2. The number of hydrogen-bond donors (Lipinski definition) is 2. The second kappa shape index (κ2) is 8.03. The minimum absolute atomic E-state index is 0.0140. The smallest absolute Gasteiger partial charge is 0.505 e. The molecule has 0 aliphatic rings. The molecule has 3 rings (SSSR count). The summed E-state index contributed by atoms with van der Waals surface area (Å²) in [6, 6.07) is 6.16. The molecule has 2 aromatic carbocycles. The Morgan fingerprint density at radius 2 is 1.56 bits per heavy atom. The van der Waals surface area contributed by atoms with E-state index >= 15 is 0 Å². The number of aromatic hydroxyl groups is 1. The molecule has 1 aromatic heterocycles. The molecule has 0 radical (unpaired) electrons. The summed E-state index contributed by atoms with van der Waals surface area (Å²) < 4.78 is 56.6. The Kier molecular flexibility index (Phi) is 5.92. The van der Waals surface area contributed by atoms with Crippen LogP contribution in [0.1, 0.15) is 49.3 Å². The molecular formula is C24H23F4NO5. The number of rotatable bonds is 4. The van der Waals surface area contributed by atoms with Crippen LogP contribution in [0.2, 0.25) is 0 Å². The van der Waals surface area contributed by atoms with Crippen LogP contribution in [0.4, 0.5) is 17.6 Å². The van der Waals surface area contributed by atoms with Crippen molar-refractivity contribution in [1.29, 1.82) is 0 Å². The Bertz CT molecular complexity index is 1290. The molecule has 0 aliphatic carbocycles. The van der Waals surface area contributed by atoms with Gasteiger partial charge in [0.1, 0.15) is 5.75 Å². The number of alkyl halides is 3. The van der Waals surface area contributed by atoms with Crippen molar-refractivity contribution in [1.82, 2.24) is 4.57 Å². The number of halogens is 4. The van der Waals surface area contributed by atoms with Gasteiger partial charge in [-0.2, -0.15) is 0 Å². The maximum absolute atomic E-state index is 14.3. The van der Waals surface area contributed by atoms with Gasteiger partial charge in [-0.3, -0.25) is 14.2 Å². The molecule has 1 heterocycles. The number of hydrogen-bond acceptors (Lipinski definition) is 4. The molecule has 3 aromatic rings. The maximum Gasteiger partial charge on any atom is 0.573 e. The molecule has 182 valence electrons. The molecule has 10 heteroatoms. The lowest BCUT2D eigenvalue weighted by Crippen LogP contribution is -2.45. The second-order valence-corrected chi connectivity index (χ2v) is 9.17. The predicted octanol–water partition coefficient (Wildman–Crippen LogP) is 5.77. The third kappa shape index (κ3) is 4.08. The average Bonchev–Trinajstić information content (AvgIpc) is 2.96. The average molecular weight is 481 g/mol. The number of carbonyl (C=O) groups excluding carboxylic acids is 1. The number of carboxylic acid groups (broad SMARTS) is 1. The van der Waals surface area contributed by atoms with Crippen molar-refractivity contribution in [2.75, 3.05) is 0 Å². The summed E-state index contributed by atoms with van der Waals surface area (Å²) in [5.41, 5.74) is -2.05. The number of nitrogens with zero attached hydrogens (tertiary/aromatic N) is 1. The monoisotopic (exact) mass is 481 g/mol. The van der Waals surface area contributed by atoms with Gasteiger partial charge in [0.25, 0.3) is 5.91 Å². The second-order valence-electron chi connectivity index (χ2n) is 9.17. The normalized spacial score (nSPS) is 14.1. The van der Waals surface area contributed by atoms with Gasteiger partial charge in [0.2, 0.25) is 0 Å². The third-order valence-electron chi connectivity index (χ3n) is 6.24. The van der Waals surface area contributed by atoms with Crippen molar-refractivity contribution in [2.24, 2.45) is 5.41 Å². The molecule has 0 fully saturated rings. The first kappa shape index (κ1) is 25.1. The largest absolute Gasteiger partial charge is 0.573 e. The molecule has 0 saturated heterocycles. The molecule has 0 saturated carbocycles. The van der Waals surface area contributed by atoms with E-state index in [2.05, 4.69) is 4.74 Å². The first-order valence-corrected chi connectivity index (χ1v) is 10.2. The fourth-order valence-electron chi connectivity index (χ4n) is 4.05. The van der Waals surface area contributed by atoms with E-state index in [0.717, 1.165) is 41.0 Å². The Morgan fingerprint density at radius 3 is 2.03 bits per heavy atom. The van der Waals surface area contributed by atoms with Gasteiger partial charge >= 0.3 is 12.3 Å². The van der Waals surface area contributed by atoms with Gasteiger partial charge in [-0.05, 0) is 55.2 Å². The van der Waals surface area contributed by atoms with E-state index in [-0.39, 0.29) is 27.7 Å². The van der Waals surface area contributed by atoms with Crippen LogP contribution in [0.5, 0.6) is 11.5 Å². The van der Waals surface area contributed by atoms with Gasteiger partial charge in [0.05, 0.1) is 10.9 Å². The lowest BCUT2D eigenvalue weighted by Gasteiger charge is -2.39. The van der Waals surface area contributed by atoms with Gasteiger partial charge in [-0.25, -0.2) is 4.39 Å². The maximum atomic E-state index is 14.3. The van der Waals surface area contributed by atoms with E-state index in [1.165, 1.54) is 13.8 Å². The van der Waals surface area contributed by atoms with Crippen LogP contribution in [-0.4, -0.2) is 33.0 Å². The number of aliphatic carboxylic acids is 1. The highest BCUT2D eigenvalue weighted by atomic mass is 19.4. The van der Waals surface area contributed by atoms with Crippen molar-refractivity contribution in [3.05, 3.63) is 59.0 Å². The van der Waals surface area contributed by atoms with E-state index in [0.29, 0.717) is 0 Å². The Balaban J connectivity index is 2.29. The van der Waals surface area contributed by atoms with E-state index in [4.69, 9.17) is 0 Å². The zero-order chi connectivity index (χ0) is 25.8. The molecule has 34 heavy (non-hydrogen) atoms. The standard InChI is InChI=1S/C24H23F4NO5/c1-12-19(23(5,21(32)33)22(2,3)4)15-10-18(30)16(25)11-17(15)29(12)20(31)13-6-8-14(9-7-13)34-24(26,27)28/h6-11,30H,1-5H3,(H,32,33)/t23-/m1/s1. The summed E-state index contributed by atoms with van der Waals surface area (Å²) in [6.45, 7) is 8.09. The molecule has 0 spiro atoms. The third-order valence-corrected chi connectivity index (χ3v) is 6.24. The number of phenolic OH excluding ortho intramolecular Hbond substituents is 1. The quantitative estimate of drug-likeness (QED) is 0.462. The minimum Gasteiger partial charge on any atom is -0.505 e. The summed E-state index contributed by atoms with van der Waals surface area (Å²) in [5, 5.41) is 20.4. The molecule has 6 nitrogen and oxygen atoms in total. The van der Waals surface area contributed by atoms with Crippen molar-refractivity contribution < 1.29 is 42.1 Å². The predicted molar refractivity (Wildman–Crippen MR) is 116 cm³/mol. The zero-order valence-electron chi connectivity index (χ0n) is 19.0. The highest BCUT2D eigenvalue weighted by molar-refractivity contribution is 6.06. The van der Waals surface area contributed by atoms with Gasteiger partial charge in [-0.1, -0.05) is 20.8 Å². The molecule has 0 bridgehead atoms. The highest BCUT2D eigenvalue weighted by Crippen LogP contribution is 2.47. The molecule has 1 atom stereocenters. The number of ether oxygens (including phenoxy) is 1. The van der Waals surface area contributed by atoms with E-state index < -0.39 is 46.4 Å². The molecule has 0 amide bonds. The Morgan fingerprint density at radius 1 is 1.00 bits per heavy atom. The molecule has 0 aliphatic heterocycles. The summed E-state index contributed by atoms with van der Waals surface area (Å²) in [4.78, 5) is 25.9. The fraction of sp³-hybridized carbons (Fsp3) is 0.333. The first-order chi connectivity index (χ1) is 15.5. The SMILES string of the molecule is Cc1c([C@](C)(C(=O)O)C(C)(C)C)c2cc(O)c(F)cc2n1C(=O)c1ccc(OC(F)(F)F)cc1. The summed E-state index contributed by atoms with van der Waals surface area (Å²) >= 11 is 0. The minimum atomic E-state index is -4.90. The van der Waals surface area contributed by atoms with Crippen LogP contribution < -0.4 is 4.74 Å². The summed E-state index contributed by atoms with van der Waals surface area (Å²) in [5.74, 6) is -4.17. The van der Waals surface area contributed by atoms with Crippen molar-refractivity contribution in [3.8, 4) is 11.5 Å². The van der Waals surface area contributed by atoms with Gasteiger partial charge in [-0.15, -0.1) is 13.2 Å². The van der Waals surface area contributed by atoms with E-state index in [1.807, 2.05) is 0 Å². The summed E-state index contributed by atoms with van der Waals surface area (Å²) in [6.07, 6.45) is -4.90. The lowest BCUT2D eigenvalue weighted by atomic mass is 9.63. The van der Waals surface area contributed by atoms with Gasteiger partial charge in [0, 0.05) is 22.7 Å². The lowest BCUT2D eigenvalue weighted by molar-refractivity contribution is -0.274. The number of benzene rings is 2. The Labute approximate surface area is 192 Å². The Hall–Kier alpha value is -3.56. The van der Waals surface area contributed by atoms with Gasteiger partial charge in [0.15, 0.2) is 11.6 Å². The van der Waals surface area contributed by atoms with Crippen LogP contribution in [-0.2, 0) is 10.2 Å². The molecular weight excluding hydrogens is 458 g/mol. The van der Waals surface area contributed by atoms with Crippen LogP contribution in [0.25, 0.3) is 10.9 Å². The zero-order valence-corrected chi connectivity index (χ0v) is 19.0. The molecule has 0 unspecified atom stereocenters. The van der Waals surface area contributed by atoms with Crippen molar-refractivity contribution >= 4 is 22.8 Å². The topological polar surface area (TPSA) is 88.8 Å². The number of carboxylic acids is 1. The van der Waals surface area contributed by atoms with Crippen LogP contribution in [0.3, 0.4) is 0 Å². The highest BCUT2D eigenvalue weighted by Gasteiger charge is 2.49. The van der Waals surface area contributed by atoms with Crippen LogP contribution >= 0.6 is 0 Å². The molecule has 2 N–H and O–H groups in total. The fourth-order valence-corrected chi connectivity index (χ4v) is 4.05. The number of aromatic nitrogens is 1. The van der Waals surface area contributed by atoms with E-state index in [9.17, 15) is 37.4 Å². The summed E-state index contributed by atoms with van der Waals surface area (Å²) in [7, 11) is 0. The number of carbonyl (C=O) groups is 2.